The highest BCUT2D eigenvalue weighted by atomic mass is 32.1. The van der Waals surface area contributed by atoms with E-state index >= 15 is 0 Å². The maximum absolute atomic E-state index is 13.8. The summed E-state index contributed by atoms with van der Waals surface area (Å²) >= 11 is 1.13. The van der Waals surface area contributed by atoms with Crippen LogP contribution in [0.2, 0.25) is 0 Å². The number of fused-ring (bicyclic) bond motifs is 2. The largest absolute Gasteiger partial charge is 0.395 e. The van der Waals surface area contributed by atoms with E-state index in [1.165, 1.54) is 4.57 Å². The lowest BCUT2D eigenvalue weighted by Crippen LogP contribution is -2.21. The van der Waals surface area contributed by atoms with E-state index in [0.29, 0.717) is 53.3 Å². The number of nitriles is 1. The molecule has 0 radical (unpaired) electrons. The number of aromatic nitrogens is 4. The molecule has 2 aliphatic carbocycles. The third-order valence-electron chi connectivity index (χ3n) is 7.66. The van der Waals surface area contributed by atoms with E-state index < -0.39 is 17.0 Å². The molecule has 0 spiro atoms. The first-order valence-electron chi connectivity index (χ1n) is 11.0. The molecule has 2 saturated carbocycles. The average Bonchev–Trinajstić information content (AvgIpc) is 3.61. The highest BCUT2D eigenvalue weighted by Gasteiger charge is 2.94. The molecule has 3 aliphatic rings. The summed E-state index contributed by atoms with van der Waals surface area (Å²) in [5.74, 6) is 0.316. The van der Waals surface area contributed by atoms with Gasteiger partial charge in [-0.2, -0.15) is 18.4 Å². The zero-order valence-electron chi connectivity index (χ0n) is 18.4. The van der Waals surface area contributed by atoms with E-state index in [0.717, 1.165) is 16.2 Å². The first-order valence-corrected chi connectivity index (χ1v) is 11.8. The predicted molar refractivity (Wildman–Crippen MR) is 116 cm³/mol. The van der Waals surface area contributed by atoms with Gasteiger partial charge in [-0.25, -0.2) is 15.0 Å². The molecule has 4 heterocycles. The average molecular weight is 488 g/mol. The molecule has 0 bridgehead atoms. The molecule has 3 fully saturated rings. The van der Waals surface area contributed by atoms with E-state index in [-0.39, 0.29) is 29.7 Å². The van der Waals surface area contributed by atoms with Gasteiger partial charge < -0.3 is 9.30 Å². The third kappa shape index (κ3) is 2.91. The number of aryl methyl sites for hydroxylation is 2. The summed E-state index contributed by atoms with van der Waals surface area (Å²) in [5.41, 5.74) is -1.28. The first-order chi connectivity index (χ1) is 16.1. The van der Waals surface area contributed by atoms with E-state index in [1.807, 2.05) is 0 Å². The maximum atomic E-state index is 13.8. The summed E-state index contributed by atoms with van der Waals surface area (Å²) in [6.07, 6.45) is -1.67. The molecular weight excluding hydrogens is 467 g/mol. The lowest BCUT2D eigenvalue weighted by molar-refractivity contribution is -0.167. The zero-order chi connectivity index (χ0) is 24.0. The summed E-state index contributed by atoms with van der Waals surface area (Å²) in [7, 11) is 1.68. The van der Waals surface area contributed by atoms with Crippen molar-refractivity contribution < 1.29 is 17.9 Å². The van der Waals surface area contributed by atoms with Crippen molar-refractivity contribution in [3.8, 4) is 6.07 Å². The summed E-state index contributed by atoms with van der Waals surface area (Å²) in [6.45, 7) is 2.12. The number of thiazole rings is 1. The Morgan fingerprint density at radius 3 is 2.68 bits per heavy atom. The van der Waals surface area contributed by atoms with Crippen LogP contribution in [-0.4, -0.2) is 32.3 Å². The van der Waals surface area contributed by atoms with E-state index in [4.69, 9.17) is 9.72 Å². The number of pyridine rings is 1. The smallest absolute Gasteiger partial charge is 0.373 e. The van der Waals surface area contributed by atoms with Gasteiger partial charge in [0.1, 0.15) is 11.9 Å². The lowest BCUT2D eigenvalue weighted by atomic mass is 9.93. The van der Waals surface area contributed by atoms with Gasteiger partial charge in [-0.15, -0.1) is 0 Å². The second-order valence-electron chi connectivity index (χ2n) is 9.64. The van der Waals surface area contributed by atoms with Crippen molar-refractivity contribution >= 4 is 22.4 Å². The molecule has 7 nitrogen and oxygen atoms in total. The number of hydrogen-bond donors (Lipinski definition) is 0. The molecule has 3 aromatic heterocycles. The Labute approximate surface area is 196 Å². The van der Waals surface area contributed by atoms with Crippen LogP contribution < -0.4 is 4.87 Å². The fourth-order valence-electron chi connectivity index (χ4n) is 5.40. The fraction of sp³-hybridized carbons (Fsp3) is 0.522. The van der Waals surface area contributed by atoms with Crippen molar-refractivity contribution in [3.63, 3.8) is 0 Å². The second kappa shape index (κ2) is 6.86. The Hall–Kier alpha value is -2.84. The van der Waals surface area contributed by atoms with Crippen LogP contribution in [-0.2, 0) is 17.2 Å². The van der Waals surface area contributed by atoms with E-state index in [9.17, 15) is 23.2 Å². The minimum atomic E-state index is -4.30. The molecule has 2 unspecified atom stereocenters. The summed E-state index contributed by atoms with van der Waals surface area (Å²) in [4.78, 5) is 26.5. The minimum absolute atomic E-state index is 0.0131. The quantitative estimate of drug-likeness (QED) is 0.550. The molecular formula is C23H20F3N5O2S. The van der Waals surface area contributed by atoms with Gasteiger partial charge in [-0.05, 0) is 38.7 Å². The van der Waals surface area contributed by atoms with Crippen molar-refractivity contribution in [2.45, 2.75) is 56.2 Å². The zero-order valence-corrected chi connectivity index (χ0v) is 19.3. The van der Waals surface area contributed by atoms with E-state index in [2.05, 4.69) is 16.0 Å². The van der Waals surface area contributed by atoms with Gasteiger partial charge in [0.15, 0.2) is 5.65 Å². The number of rotatable bonds is 3. The van der Waals surface area contributed by atoms with Gasteiger partial charge in [0.2, 0.25) is 0 Å². The van der Waals surface area contributed by atoms with Crippen LogP contribution in [0.3, 0.4) is 0 Å². The van der Waals surface area contributed by atoms with Gasteiger partial charge >= 0.3 is 11.0 Å². The summed E-state index contributed by atoms with van der Waals surface area (Å²) in [5, 5.41) is 9.88. The molecule has 0 aromatic carbocycles. The number of ether oxygens (including phenoxy) is 1. The molecule has 2 atom stereocenters. The fourth-order valence-corrected chi connectivity index (χ4v) is 6.30. The van der Waals surface area contributed by atoms with Crippen LogP contribution in [0.15, 0.2) is 17.1 Å². The highest BCUT2D eigenvalue weighted by Crippen LogP contribution is 2.90. The van der Waals surface area contributed by atoms with Gasteiger partial charge in [-0.1, -0.05) is 11.3 Å². The Morgan fingerprint density at radius 1 is 1.29 bits per heavy atom. The Morgan fingerprint density at radius 2 is 2.06 bits per heavy atom. The molecule has 11 heteroatoms. The molecule has 1 saturated heterocycles. The Kier molecular flexibility index (Phi) is 4.37. The van der Waals surface area contributed by atoms with Crippen molar-refractivity contribution in [1.82, 2.24) is 19.5 Å². The van der Waals surface area contributed by atoms with Crippen molar-refractivity contribution in [2.24, 2.45) is 12.5 Å². The monoisotopic (exact) mass is 487 g/mol. The maximum Gasteiger partial charge on any atom is 0.395 e. The number of halogens is 3. The van der Waals surface area contributed by atoms with Crippen LogP contribution in [0.5, 0.6) is 0 Å². The number of hydrogen-bond acceptors (Lipinski definition) is 7. The topological polar surface area (TPSA) is 93.7 Å². The number of nitrogens with zero attached hydrogens (tertiary/aromatic N) is 5. The third-order valence-corrected chi connectivity index (χ3v) is 8.73. The minimum Gasteiger partial charge on any atom is -0.373 e. The molecule has 176 valence electrons. The highest BCUT2D eigenvalue weighted by molar-refractivity contribution is 7.09. The molecule has 3 aromatic rings. The predicted octanol–water partition coefficient (Wildman–Crippen LogP) is 4.19. The standard InChI is InChI=1S/C23H20F3N5O2S/c1-11-13(7-27)5-14-17(21-9-22(21,10-21)23(24,25)26)29-18(30-19(14)28-11)12-3-4-33-15(6-12)16-8-31(2)20(32)34-16/h5,8,12,15H,3-4,6,9-10H2,1-2H3. The van der Waals surface area contributed by atoms with Crippen LogP contribution in [0, 0.1) is 23.7 Å². The molecule has 0 N–H and O–H groups in total. The van der Waals surface area contributed by atoms with Crippen LogP contribution in [0.25, 0.3) is 11.0 Å². The lowest BCUT2D eigenvalue weighted by Gasteiger charge is -2.28. The van der Waals surface area contributed by atoms with Crippen LogP contribution >= 0.6 is 11.3 Å². The van der Waals surface area contributed by atoms with Crippen molar-refractivity contribution in [3.05, 3.63) is 49.6 Å². The van der Waals surface area contributed by atoms with Gasteiger partial charge in [-0.3, -0.25) is 4.79 Å². The normalized spacial score (nSPS) is 30.1. The summed E-state index contributed by atoms with van der Waals surface area (Å²) in [6, 6.07) is 3.65. The summed E-state index contributed by atoms with van der Waals surface area (Å²) < 4.78 is 48.8. The van der Waals surface area contributed by atoms with Gasteiger partial charge in [0.25, 0.3) is 0 Å². The Bertz CT molecular complexity index is 1450. The van der Waals surface area contributed by atoms with Crippen molar-refractivity contribution in [2.75, 3.05) is 6.61 Å². The second-order valence-corrected chi connectivity index (χ2v) is 10.7. The van der Waals surface area contributed by atoms with Gasteiger partial charge in [0, 0.05) is 36.6 Å². The van der Waals surface area contributed by atoms with E-state index in [1.54, 1.807) is 26.2 Å². The van der Waals surface area contributed by atoms with Crippen LogP contribution in [0.1, 0.15) is 65.4 Å². The van der Waals surface area contributed by atoms with Gasteiger partial charge in [0.05, 0.1) is 33.3 Å². The SMILES string of the molecule is Cc1nc2nc(C3CCOC(c4cn(C)c(=O)s4)C3)nc(C34CC3(C(F)(F)F)C4)c2cc1C#N. The molecule has 1 aliphatic heterocycles. The van der Waals surface area contributed by atoms with Crippen LogP contribution in [0.4, 0.5) is 13.2 Å². The Balaban J connectivity index is 1.44. The molecule has 34 heavy (non-hydrogen) atoms. The first kappa shape index (κ1) is 21.7. The molecule has 6 rings (SSSR count). The van der Waals surface area contributed by atoms with Crippen molar-refractivity contribution in [1.29, 1.82) is 5.26 Å². The number of alkyl halides is 3. The molecule has 0 amide bonds.